The molecule has 1 aromatic heterocycles. The molecule has 2 heterocycles. The predicted octanol–water partition coefficient (Wildman–Crippen LogP) is 3.90. The third-order valence-corrected chi connectivity index (χ3v) is 4.70. The number of nitrogens with one attached hydrogen (secondary N) is 2. The third-order valence-electron chi connectivity index (χ3n) is 3.70. The fraction of sp³-hybridized carbons (Fsp3) is 0.353. The van der Waals surface area contributed by atoms with Gasteiger partial charge in [0.25, 0.3) is 5.91 Å². The maximum absolute atomic E-state index is 12.1. The van der Waals surface area contributed by atoms with E-state index in [-0.39, 0.29) is 5.91 Å². The molecule has 0 unspecified atom stereocenters. The van der Waals surface area contributed by atoms with Crippen LogP contribution in [0.15, 0.2) is 36.4 Å². The molecule has 0 bridgehead atoms. The number of amides is 1. The van der Waals surface area contributed by atoms with Gasteiger partial charge in [-0.25, -0.2) is 0 Å². The largest absolute Gasteiger partial charge is 0.382 e. The number of thiophene rings is 1. The summed E-state index contributed by atoms with van der Waals surface area (Å²) in [7, 11) is 0. The van der Waals surface area contributed by atoms with Crippen LogP contribution in [-0.4, -0.2) is 25.2 Å². The van der Waals surface area contributed by atoms with Crippen LogP contribution in [0.3, 0.4) is 0 Å². The van der Waals surface area contributed by atoms with Crippen LogP contribution in [0.25, 0.3) is 0 Å². The smallest absolute Gasteiger partial charge is 0.265 e. The van der Waals surface area contributed by atoms with Crippen molar-refractivity contribution in [1.29, 1.82) is 0 Å². The van der Waals surface area contributed by atoms with Crippen LogP contribution in [0, 0.1) is 6.92 Å². The Balaban J connectivity index is 1.58. The molecule has 1 fully saturated rings. The molecule has 1 saturated heterocycles. The highest BCUT2D eigenvalue weighted by atomic mass is 32.1. The molecule has 1 amide bonds. The van der Waals surface area contributed by atoms with Crippen LogP contribution >= 0.6 is 11.3 Å². The zero-order valence-electron chi connectivity index (χ0n) is 12.6. The number of benzene rings is 1. The molecular formula is C17H20N2O2S. The second-order valence-corrected chi connectivity index (χ2v) is 6.76. The Bertz CT molecular complexity index is 630. The number of carbonyl (C=O) groups excluding carboxylic acids is 1. The molecule has 5 heteroatoms. The Labute approximate surface area is 134 Å². The summed E-state index contributed by atoms with van der Waals surface area (Å²) < 4.78 is 5.36. The van der Waals surface area contributed by atoms with Gasteiger partial charge in [0.15, 0.2) is 0 Å². The molecule has 0 aliphatic carbocycles. The summed E-state index contributed by atoms with van der Waals surface area (Å²) in [4.78, 5) is 14.0. The molecule has 0 radical (unpaired) electrons. The maximum Gasteiger partial charge on any atom is 0.265 e. The van der Waals surface area contributed by atoms with Crippen molar-refractivity contribution >= 4 is 28.6 Å². The molecule has 1 aromatic carbocycles. The summed E-state index contributed by atoms with van der Waals surface area (Å²) in [5.74, 6) is -0.0526. The highest BCUT2D eigenvalue weighted by molar-refractivity contribution is 7.14. The van der Waals surface area contributed by atoms with Gasteiger partial charge in [0, 0.05) is 35.5 Å². The van der Waals surface area contributed by atoms with Crippen molar-refractivity contribution in [3.8, 4) is 0 Å². The first-order valence-electron chi connectivity index (χ1n) is 7.53. The van der Waals surface area contributed by atoms with Gasteiger partial charge >= 0.3 is 0 Å². The average Bonchev–Trinajstić information content (AvgIpc) is 2.97. The van der Waals surface area contributed by atoms with Gasteiger partial charge in [0.2, 0.25) is 0 Å². The molecule has 0 atom stereocenters. The van der Waals surface area contributed by atoms with E-state index < -0.39 is 0 Å². The van der Waals surface area contributed by atoms with E-state index in [4.69, 9.17) is 4.74 Å². The molecule has 22 heavy (non-hydrogen) atoms. The van der Waals surface area contributed by atoms with Crippen molar-refractivity contribution in [2.45, 2.75) is 25.8 Å². The zero-order chi connectivity index (χ0) is 15.4. The molecule has 116 valence electrons. The van der Waals surface area contributed by atoms with E-state index in [1.807, 2.05) is 43.3 Å². The third kappa shape index (κ3) is 3.87. The first kappa shape index (κ1) is 15.1. The molecular weight excluding hydrogens is 296 g/mol. The van der Waals surface area contributed by atoms with Crippen molar-refractivity contribution in [3.05, 3.63) is 46.2 Å². The van der Waals surface area contributed by atoms with E-state index in [9.17, 15) is 4.79 Å². The standard InChI is InChI=1S/C17H20N2O2S/c1-12-2-7-16(22-12)17(20)19-14-5-3-13(4-6-14)18-15-8-10-21-11-9-15/h2-7,15,18H,8-11H2,1H3,(H,19,20). The number of rotatable bonds is 4. The van der Waals surface area contributed by atoms with E-state index in [0.29, 0.717) is 6.04 Å². The number of hydrogen-bond donors (Lipinski definition) is 2. The van der Waals surface area contributed by atoms with Gasteiger partial charge in [-0.2, -0.15) is 0 Å². The maximum atomic E-state index is 12.1. The van der Waals surface area contributed by atoms with Crippen LogP contribution in [0.4, 0.5) is 11.4 Å². The first-order valence-corrected chi connectivity index (χ1v) is 8.34. The fourth-order valence-electron chi connectivity index (χ4n) is 2.48. The molecule has 2 N–H and O–H groups in total. The van der Waals surface area contributed by atoms with Crippen LogP contribution in [-0.2, 0) is 4.74 Å². The van der Waals surface area contributed by atoms with Gasteiger partial charge in [0.1, 0.15) is 0 Å². The van der Waals surface area contributed by atoms with Gasteiger partial charge in [0.05, 0.1) is 4.88 Å². The monoisotopic (exact) mass is 316 g/mol. The van der Waals surface area contributed by atoms with E-state index >= 15 is 0 Å². The Hall–Kier alpha value is -1.85. The highest BCUT2D eigenvalue weighted by Gasteiger charge is 2.13. The minimum Gasteiger partial charge on any atom is -0.382 e. The molecule has 0 saturated carbocycles. The van der Waals surface area contributed by atoms with Crippen molar-refractivity contribution in [1.82, 2.24) is 0 Å². The van der Waals surface area contributed by atoms with Crippen molar-refractivity contribution in [3.63, 3.8) is 0 Å². The number of carbonyl (C=O) groups is 1. The number of aryl methyl sites for hydroxylation is 1. The summed E-state index contributed by atoms with van der Waals surface area (Å²) >= 11 is 1.51. The van der Waals surface area contributed by atoms with Gasteiger partial charge < -0.3 is 15.4 Å². The van der Waals surface area contributed by atoms with Crippen molar-refractivity contribution < 1.29 is 9.53 Å². The van der Waals surface area contributed by atoms with E-state index in [2.05, 4.69) is 10.6 Å². The summed E-state index contributed by atoms with van der Waals surface area (Å²) in [5, 5.41) is 6.43. The molecule has 4 nitrogen and oxygen atoms in total. The fourth-order valence-corrected chi connectivity index (χ4v) is 3.24. The number of anilines is 2. The Kier molecular flexibility index (Phi) is 4.75. The minimum absolute atomic E-state index is 0.0526. The summed E-state index contributed by atoms with van der Waals surface area (Å²) in [5.41, 5.74) is 1.89. The molecule has 1 aliphatic rings. The lowest BCUT2D eigenvalue weighted by Crippen LogP contribution is -2.27. The van der Waals surface area contributed by atoms with Crippen LogP contribution < -0.4 is 10.6 Å². The Morgan fingerprint density at radius 2 is 1.77 bits per heavy atom. The molecule has 1 aliphatic heterocycles. The second kappa shape index (κ2) is 6.94. The Morgan fingerprint density at radius 1 is 1.09 bits per heavy atom. The average molecular weight is 316 g/mol. The number of hydrogen-bond acceptors (Lipinski definition) is 4. The van der Waals surface area contributed by atoms with E-state index in [0.717, 1.165) is 47.2 Å². The van der Waals surface area contributed by atoms with Crippen LogP contribution in [0.2, 0.25) is 0 Å². The first-order chi connectivity index (χ1) is 10.7. The number of ether oxygens (including phenoxy) is 1. The van der Waals surface area contributed by atoms with Gasteiger partial charge in [-0.3, -0.25) is 4.79 Å². The topological polar surface area (TPSA) is 50.4 Å². The second-order valence-electron chi connectivity index (χ2n) is 5.47. The highest BCUT2D eigenvalue weighted by Crippen LogP contribution is 2.20. The van der Waals surface area contributed by atoms with Crippen LogP contribution in [0.5, 0.6) is 0 Å². The lowest BCUT2D eigenvalue weighted by atomic mass is 10.1. The Morgan fingerprint density at radius 3 is 2.41 bits per heavy atom. The van der Waals surface area contributed by atoms with E-state index in [1.54, 1.807) is 0 Å². The minimum atomic E-state index is -0.0526. The van der Waals surface area contributed by atoms with Gasteiger partial charge in [-0.05, 0) is 56.2 Å². The zero-order valence-corrected chi connectivity index (χ0v) is 13.4. The quantitative estimate of drug-likeness (QED) is 0.899. The predicted molar refractivity (Wildman–Crippen MR) is 90.9 cm³/mol. The van der Waals surface area contributed by atoms with E-state index in [1.165, 1.54) is 11.3 Å². The molecule has 0 spiro atoms. The van der Waals surface area contributed by atoms with Crippen molar-refractivity contribution in [2.75, 3.05) is 23.8 Å². The van der Waals surface area contributed by atoms with Crippen molar-refractivity contribution in [2.24, 2.45) is 0 Å². The normalized spacial score (nSPS) is 15.5. The van der Waals surface area contributed by atoms with Gasteiger partial charge in [-0.15, -0.1) is 11.3 Å². The molecule has 2 aromatic rings. The summed E-state index contributed by atoms with van der Waals surface area (Å²) in [6, 6.07) is 12.2. The summed E-state index contributed by atoms with van der Waals surface area (Å²) in [6.45, 7) is 3.65. The van der Waals surface area contributed by atoms with Crippen LogP contribution in [0.1, 0.15) is 27.4 Å². The lowest BCUT2D eigenvalue weighted by molar-refractivity contribution is 0.0904. The summed E-state index contributed by atoms with van der Waals surface area (Å²) in [6.07, 6.45) is 2.08. The molecule has 3 rings (SSSR count). The van der Waals surface area contributed by atoms with Gasteiger partial charge in [-0.1, -0.05) is 0 Å². The lowest BCUT2D eigenvalue weighted by Gasteiger charge is -2.24. The SMILES string of the molecule is Cc1ccc(C(=O)Nc2ccc(NC3CCOCC3)cc2)s1.